The van der Waals surface area contributed by atoms with Gasteiger partial charge in [0, 0.05) is 17.6 Å². The number of carbonyl (C=O) groups is 1. The maximum absolute atomic E-state index is 12.6. The highest BCUT2D eigenvalue weighted by molar-refractivity contribution is 7.99. The van der Waals surface area contributed by atoms with E-state index < -0.39 is 0 Å². The van der Waals surface area contributed by atoms with E-state index in [2.05, 4.69) is 10.3 Å². The van der Waals surface area contributed by atoms with Gasteiger partial charge >= 0.3 is 0 Å². The third-order valence-corrected chi connectivity index (χ3v) is 4.96. The lowest BCUT2D eigenvalue weighted by molar-refractivity contribution is 0.101. The van der Waals surface area contributed by atoms with Gasteiger partial charge in [0.05, 0.1) is 0 Å². The van der Waals surface area contributed by atoms with E-state index in [-0.39, 0.29) is 12.0 Å². The lowest BCUT2D eigenvalue weighted by atomic mass is 10.1. The number of hydrogen-bond acceptors (Lipinski definition) is 4. The number of ether oxygens (including phenoxy) is 1. The second-order valence-corrected chi connectivity index (χ2v) is 6.88. The summed E-state index contributed by atoms with van der Waals surface area (Å²) in [5.41, 5.74) is 3.44. The molecule has 2 aromatic rings. The summed E-state index contributed by atoms with van der Waals surface area (Å²) >= 11 is 1.87. The van der Waals surface area contributed by atoms with Gasteiger partial charge in [-0.15, -0.1) is 0 Å². The van der Waals surface area contributed by atoms with Crippen LogP contribution in [0.2, 0.25) is 0 Å². The van der Waals surface area contributed by atoms with Crippen LogP contribution in [0.1, 0.15) is 27.9 Å². The number of aromatic nitrogens is 1. The first kappa shape index (κ1) is 15.9. The molecule has 1 N–H and O–H groups in total. The van der Waals surface area contributed by atoms with E-state index in [9.17, 15) is 4.79 Å². The van der Waals surface area contributed by atoms with Crippen molar-refractivity contribution in [1.29, 1.82) is 0 Å². The summed E-state index contributed by atoms with van der Waals surface area (Å²) in [4.78, 5) is 16.9. The molecule has 1 aliphatic heterocycles. The van der Waals surface area contributed by atoms with E-state index in [1.54, 1.807) is 18.3 Å². The summed E-state index contributed by atoms with van der Waals surface area (Å²) in [6.45, 7) is 3.98. The topological polar surface area (TPSA) is 51.2 Å². The van der Waals surface area contributed by atoms with Crippen molar-refractivity contribution >= 4 is 23.4 Å². The Morgan fingerprint density at radius 1 is 1.35 bits per heavy atom. The number of carbonyl (C=O) groups excluding carboxylic acids is 1. The molecule has 120 valence electrons. The standard InChI is InChI=1S/C18H20N2O2S/c1-12-5-6-13(2)16(10-12)20-17(21)15-4-3-8-19-18(15)22-14-7-9-23-11-14/h3-6,8,10,14H,7,9,11H2,1-2H3,(H,20,21). The Bertz CT molecular complexity index is 712. The monoisotopic (exact) mass is 328 g/mol. The zero-order chi connectivity index (χ0) is 16.2. The largest absolute Gasteiger partial charge is 0.473 e. The predicted molar refractivity (Wildman–Crippen MR) is 94.5 cm³/mol. The minimum atomic E-state index is -0.188. The van der Waals surface area contributed by atoms with Crippen LogP contribution in [-0.4, -0.2) is 28.5 Å². The second kappa shape index (κ2) is 7.04. The van der Waals surface area contributed by atoms with Crippen LogP contribution in [0.5, 0.6) is 5.88 Å². The Balaban J connectivity index is 1.80. The fourth-order valence-corrected chi connectivity index (χ4v) is 3.58. The van der Waals surface area contributed by atoms with Crippen molar-refractivity contribution in [2.75, 3.05) is 16.8 Å². The Labute approximate surface area is 140 Å². The van der Waals surface area contributed by atoms with E-state index in [0.717, 1.165) is 34.7 Å². The van der Waals surface area contributed by atoms with Crippen molar-refractivity contribution < 1.29 is 9.53 Å². The summed E-state index contributed by atoms with van der Waals surface area (Å²) < 4.78 is 5.93. The molecule has 23 heavy (non-hydrogen) atoms. The number of pyridine rings is 1. The first-order chi connectivity index (χ1) is 11.1. The number of benzene rings is 1. The van der Waals surface area contributed by atoms with Gasteiger partial charge < -0.3 is 10.1 Å². The molecule has 0 spiro atoms. The number of anilines is 1. The van der Waals surface area contributed by atoms with Gasteiger partial charge in [0.15, 0.2) is 0 Å². The van der Waals surface area contributed by atoms with Crippen LogP contribution in [0, 0.1) is 13.8 Å². The third kappa shape index (κ3) is 3.85. The molecule has 2 heterocycles. The molecule has 0 saturated carbocycles. The van der Waals surface area contributed by atoms with Crippen molar-refractivity contribution in [2.45, 2.75) is 26.4 Å². The summed E-state index contributed by atoms with van der Waals surface area (Å²) in [7, 11) is 0. The van der Waals surface area contributed by atoms with Crippen LogP contribution < -0.4 is 10.1 Å². The molecule has 1 aromatic heterocycles. The number of hydrogen-bond donors (Lipinski definition) is 1. The minimum absolute atomic E-state index is 0.141. The van der Waals surface area contributed by atoms with E-state index in [1.165, 1.54) is 0 Å². The lowest BCUT2D eigenvalue weighted by Gasteiger charge is -2.15. The number of nitrogens with one attached hydrogen (secondary N) is 1. The Morgan fingerprint density at radius 3 is 3.00 bits per heavy atom. The normalized spacial score (nSPS) is 17.0. The molecule has 0 bridgehead atoms. The second-order valence-electron chi connectivity index (χ2n) is 5.73. The average molecular weight is 328 g/mol. The molecule has 4 nitrogen and oxygen atoms in total. The van der Waals surface area contributed by atoms with Gasteiger partial charge in [-0.1, -0.05) is 12.1 Å². The van der Waals surface area contributed by atoms with Crippen LogP contribution in [0.3, 0.4) is 0 Å². The first-order valence-electron chi connectivity index (χ1n) is 7.71. The van der Waals surface area contributed by atoms with Crippen LogP contribution in [0.4, 0.5) is 5.69 Å². The van der Waals surface area contributed by atoms with Crippen LogP contribution in [-0.2, 0) is 0 Å². The molecule has 1 atom stereocenters. The number of nitrogens with zero attached hydrogens (tertiary/aromatic N) is 1. The quantitative estimate of drug-likeness (QED) is 0.926. The van der Waals surface area contributed by atoms with Crippen molar-refractivity contribution in [2.24, 2.45) is 0 Å². The Kier molecular flexibility index (Phi) is 4.86. The SMILES string of the molecule is Cc1ccc(C)c(NC(=O)c2cccnc2OC2CCSC2)c1. The van der Waals surface area contributed by atoms with Crippen molar-refractivity contribution in [3.63, 3.8) is 0 Å². The number of aryl methyl sites for hydroxylation is 2. The number of rotatable bonds is 4. The van der Waals surface area contributed by atoms with Gasteiger partial charge in [-0.05, 0) is 55.3 Å². The van der Waals surface area contributed by atoms with Crippen molar-refractivity contribution in [3.8, 4) is 5.88 Å². The lowest BCUT2D eigenvalue weighted by Crippen LogP contribution is -2.20. The highest BCUT2D eigenvalue weighted by atomic mass is 32.2. The molecule has 1 saturated heterocycles. The van der Waals surface area contributed by atoms with Crippen LogP contribution in [0.25, 0.3) is 0 Å². The van der Waals surface area contributed by atoms with Crippen molar-refractivity contribution in [1.82, 2.24) is 4.98 Å². The third-order valence-electron chi connectivity index (χ3n) is 3.82. The Morgan fingerprint density at radius 2 is 2.22 bits per heavy atom. The molecule has 1 fully saturated rings. The zero-order valence-electron chi connectivity index (χ0n) is 13.3. The van der Waals surface area contributed by atoms with E-state index in [1.807, 2.05) is 43.8 Å². The van der Waals surface area contributed by atoms with Crippen molar-refractivity contribution in [3.05, 3.63) is 53.2 Å². The summed E-state index contributed by atoms with van der Waals surface area (Å²) in [5.74, 6) is 2.28. The van der Waals surface area contributed by atoms with Gasteiger partial charge in [0.2, 0.25) is 5.88 Å². The summed E-state index contributed by atoms with van der Waals surface area (Å²) in [6, 6.07) is 9.51. The van der Waals surface area contributed by atoms with Gasteiger partial charge in [0.25, 0.3) is 5.91 Å². The molecule has 1 unspecified atom stereocenters. The summed E-state index contributed by atoms with van der Waals surface area (Å²) in [6.07, 6.45) is 2.80. The smallest absolute Gasteiger partial charge is 0.261 e. The molecule has 1 aliphatic rings. The van der Waals surface area contributed by atoms with Crippen LogP contribution in [0.15, 0.2) is 36.5 Å². The van der Waals surface area contributed by atoms with Gasteiger partial charge in [-0.25, -0.2) is 4.98 Å². The number of amides is 1. The molecule has 5 heteroatoms. The van der Waals surface area contributed by atoms with Gasteiger partial charge in [0.1, 0.15) is 11.7 Å². The average Bonchev–Trinajstić information content (AvgIpc) is 3.04. The maximum atomic E-state index is 12.6. The predicted octanol–water partition coefficient (Wildman–Crippen LogP) is 3.84. The molecule has 1 amide bonds. The molecule has 0 aliphatic carbocycles. The molecular formula is C18H20N2O2S. The molecule has 0 radical (unpaired) electrons. The highest BCUT2D eigenvalue weighted by Crippen LogP contribution is 2.25. The summed E-state index contributed by atoms with van der Waals surface area (Å²) in [5, 5.41) is 2.97. The van der Waals surface area contributed by atoms with Crippen LogP contribution >= 0.6 is 11.8 Å². The van der Waals surface area contributed by atoms with E-state index in [4.69, 9.17) is 4.74 Å². The van der Waals surface area contributed by atoms with E-state index in [0.29, 0.717) is 11.4 Å². The first-order valence-corrected chi connectivity index (χ1v) is 8.87. The highest BCUT2D eigenvalue weighted by Gasteiger charge is 2.21. The fraction of sp³-hybridized carbons (Fsp3) is 0.333. The number of thioether (sulfide) groups is 1. The molecular weight excluding hydrogens is 308 g/mol. The fourth-order valence-electron chi connectivity index (χ4n) is 2.48. The maximum Gasteiger partial charge on any atom is 0.261 e. The van der Waals surface area contributed by atoms with Gasteiger partial charge in [-0.2, -0.15) is 11.8 Å². The zero-order valence-corrected chi connectivity index (χ0v) is 14.2. The van der Waals surface area contributed by atoms with E-state index >= 15 is 0 Å². The molecule has 3 rings (SSSR count). The Hall–Kier alpha value is -2.01. The minimum Gasteiger partial charge on any atom is -0.473 e. The molecule has 1 aromatic carbocycles. The van der Waals surface area contributed by atoms with Gasteiger partial charge in [-0.3, -0.25) is 4.79 Å².